The van der Waals surface area contributed by atoms with Crippen LogP contribution in [-0.2, 0) is 13.2 Å². The molecule has 2 heterocycles. The third-order valence-corrected chi connectivity index (χ3v) is 6.11. The number of amides is 1. The average molecular weight is 580 g/mol. The lowest BCUT2D eigenvalue weighted by molar-refractivity contribution is 0.0992. The molecule has 170 valence electrons. The normalized spacial score (nSPS) is 10.9. The zero-order valence-corrected chi connectivity index (χ0v) is 20.8. The van der Waals surface area contributed by atoms with Crippen molar-refractivity contribution in [3.05, 3.63) is 97.5 Å². The largest absolute Gasteiger partial charge is 0.486 e. The highest BCUT2D eigenvalue weighted by Gasteiger charge is 2.18. The van der Waals surface area contributed by atoms with Crippen molar-refractivity contribution in [2.24, 2.45) is 0 Å². The summed E-state index contributed by atoms with van der Waals surface area (Å²) in [5.41, 5.74) is 2.71. The molecule has 0 aliphatic carbocycles. The van der Waals surface area contributed by atoms with Crippen molar-refractivity contribution >= 4 is 45.8 Å². The highest BCUT2D eigenvalue weighted by molar-refractivity contribution is 14.1. The maximum atomic E-state index is 13.3. The Kier molecular flexibility index (Phi) is 7.04. The second-order valence-electron chi connectivity index (χ2n) is 7.40. The molecule has 0 spiro atoms. The van der Waals surface area contributed by atoms with Crippen molar-refractivity contribution in [2.45, 2.75) is 27.0 Å². The standard InChI is InChI=1S/C24H20ClFIN3O3/c1-14-23(15(2)30(29-14)12-16-3-4-17(26)11-21(16)25)28-24(31)22-10-9-20(33-22)13-32-19-7-5-18(27)6-8-19/h3-11H,12-13H2,1-2H3,(H,28,31). The fourth-order valence-corrected chi connectivity index (χ4v) is 3.87. The fraction of sp³-hybridized carbons (Fsp3) is 0.167. The highest BCUT2D eigenvalue weighted by atomic mass is 127. The lowest BCUT2D eigenvalue weighted by Gasteiger charge is -2.08. The molecule has 6 nitrogen and oxygen atoms in total. The van der Waals surface area contributed by atoms with Gasteiger partial charge >= 0.3 is 0 Å². The summed E-state index contributed by atoms with van der Waals surface area (Å²) in [6, 6.07) is 15.2. The first-order valence-electron chi connectivity index (χ1n) is 10.1. The second kappa shape index (κ2) is 9.96. The Morgan fingerprint density at radius 2 is 1.94 bits per heavy atom. The number of hydrogen-bond acceptors (Lipinski definition) is 4. The Bertz CT molecular complexity index is 1300. The monoisotopic (exact) mass is 579 g/mol. The molecule has 0 aliphatic heterocycles. The molecule has 1 amide bonds. The molecule has 4 rings (SSSR count). The van der Waals surface area contributed by atoms with Crippen LogP contribution in [0, 0.1) is 23.2 Å². The summed E-state index contributed by atoms with van der Waals surface area (Å²) >= 11 is 8.37. The van der Waals surface area contributed by atoms with Crippen molar-refractivity contribution in [2.75, 3.05) is 5.32 Å². The first-order valence-corrected chi connectivity index (χ1v) is 11.5. The maximum absolute atomic E-state index is 13.3. The molecule has 9 heteroatoms. The van der Waals surface area contributed by atoms with E-state index in [4.69, 9.17) is 20.8 Å². The van der Waals surface area contributed by atoms with Gasteiger partial charge in [0.15, 0.2) is 5.76 Å². The van der Waals surface area contributed by atoms with E-state index in [0.29, 0.717) is 28.7 Å². The van der Waals surface area contributed by atoms with E-state index >= 15 is 0 Å². The van der Waals surface area contributed by atoms with Crippen LogP contribution in [0.1, 0.15) is 33.3 Å². The fourth-order valence-electron chi connectivity index (χ4n) is 3.28. The summed E-state index contributed by atoms with van der Waals surface area (Å²) in [6.07, 6.45) is 0. The van der Waals surface area contributed by atoms with Gasteiger partial charge < -0.3 is 14.5 Å². The van der Waals surface area contributed by atoms with E-state index < -0.39 is 5.82 Å². The highest BCUT2D eigenvalue weighted by Crippen LogP contribution is 2.24. The molecule has 0 unspecified atom stereocenters. The Morgan fingerprint density at radius 1 is 1.18 bits per heavy atom. The van der Waals surface area contributed by atoms with Crippen LogP contribution in [-0.4, -0.2) is 15.7 Å². The Labute approximate surface area is 208 Å². The van der Waals surface area contributed by atoms with Gasteiger partial charge in [-0.2, -0.15) is 5.10 Å². The zero-order valence-electron chi connectivity index (χ0n) is 17.9. The minimum Gasteiger partial charge on any atom is -0.486 e. The van der Waals surface area contributed by atoms with E-state index in [1.165, 1.54) is 12.1 Å². The van der Waals surface area contributed by atoms with E-state index in [0.717, 1.165) is 20.6 Å². The summed E-state index contributed by atoms with van der Waals surface area (Å²) in [5, 5.41) is 7.68. The molecule has 2 aromatic heterocycles. The Balaban J connectivity index is 1.42. The van der Waals surface area contributed by atoms with Crippen molar-refractivity contribution in [3.63, 3.8) is 0 Å². The molecule has 0 saturated carbocycles. The van der Waals surface area contributed by atoms with Gasteiger partial charge in [-0.25, -0.2) is 4.39 Å². The van der Waals surface area contributed by atoms with Crippen LogP contribution in [0.4, 0.5) is 10.1 Å². The van der Waals surface area contributed by atoms with E-state index in [1.807, 2.05) is 31.2 Å². The van der Waals surface area contributed by atoms with Gasteiger partial charge in [0.05, 0.1) is 23.6 Å². The molecular formula is C24H20ClFIN3O3. The van der Waals surface area contributed by atoms with E-state index in [1.54, 1.807) is 29.8 Å². The van der Waals surface area contributed by atoms with Gasteiger partial charge in [0.2, 0.25) is 0 Å². The van der Waals surface area contributed by atoms with Crippen LogP contribution in [0.15, 0.2) is 59.0 Å². The number of nitrogens with one attached hydrogen (secondary N) is 1. The zero-order chi connectivity index (χ0) is 23.5. The number of rotatable bonds is 7. The predicted octanol–water partition coefficient (Wildman–Crippen LogP) is 6.37. The van der Waals surface area contributed by atoms with Crippen molar-refractivity contribution in [1.82, 2.24) is 9.78 Å². The molecule has 2 aromatic carbocycles. The minimum atomic E-state index is -0.396. The molecule has 0 atom stereocenters. The first-order chi connectivity index (χ1) is 15.8. The van der Waals surface area contributed by atoms with Crippen LogP contribution in [0.3, 0.4) is 0 Å². The summed E-state index contributed by atoms with van der Waals surface area (Å²) in [7, 11) is 0. The number of benzene rings is 2. The van der Waals surface area contributed by atoms with Gasteiger partial charge in [-0.05, 0) is 90.5 Å². The minimum absolute atomic E-state index is 0.171. The van der Waals surface area contributed by atoms with Crippen LogP contribution in [0.5, 0.6) is 5.75 Å². The third kappa shape index (κ3) is 5.56. The Morgan fingerprint density at radius 3 is 2.67 bits per heavy atom. The van der Waals surface area contributed by atoms with Gasteiger partial charge in [-0.1, -0.05) is 17.7 Å². The van der Waals surface area contributed by atoms with Crippen LogP contribution in [0.2, 0.25) is 5.02 Å². The summed E-state index contributed by atoms with van der Waals surface area (Å²) in [6.45, 7) is 4.20. The quantitative estimate of drug-likeness (QED) is 0.258. The van der Waals surface area contributed by atoms with Crippen LogP contribution in [0.25, 0.3) is 0 Å². The number of aromatic nitrogens is 2. The SMILES string of the molecule is Cc1nn(Cc2ccc(F)cc2Cl)c(C)c1NC(=O)c1ccc(COc2ccc(I)cc2)o1. The summed E-state index contributed by atoms with van der Waals surface area (Å²) < 4.78 is 27.5. The molecule has 4 aromatic rings. The van der Waals surface area contributed by atoms with Crippen LogP contribution < -0.4 is 10.1 Å². The smallest absolute Gasteiger partial charge is 0.291 e. The number of aryl methyl sites for hydroxylation is 1. The summed E-state index contributed by atoms with van der Waals surface area (Å²) in [5.74, 6) is 0.642. The summed E-state index contributed by atoms with van der Waals surface area (Å²) in [4.78, 5) is 12.8. The van der Waals surface area contributed by atoms with Crippen molar-refractivity contribution < 1.29 is 18.3 Å². The molecule has 0 fully saturated rings. The Hall–Kier alpha value is -2.85. The molecule has 0 aliphatic rings. The lowest BCUT2D eigenvalue weighted by Crippen LogP contribution is -2.12. The van der Waals surface area contributed by atoms with Gasteiger partial charge in [0.1, 0.15) is 23.9 Å². The van der Waals surface area contributed by atoms with Crippen molar-refractivity contribution in [1.29, 1.82) is 0 Å². The number of nitrogens with zero attached hydrogens (tertiary/aromatic N) is 2. The van der Waals surface area contributed by atoms with Crippen molar-refractivity contribution in [3.8, 4) is 5.75 Å². The number of halogens is 3. The molecular weight excluding hydrogens is 560 g/mol. The molecule has 0 radical (unpaired) electrons. The number of furan rings is 1. The average Bonchev–Trinajstić information content (AvgIpc) is 3.36. The van der Waals surface area contributed by atoms with E-state index in [2.05, 4.69) is 33.0 Å². The number of carbonyl (C=O) groups is 1. The molecule has 1 N–H and O–H groups in total. The number of hydrogen-bond donors (Lipinski definition) is 1. The first kappa shape index (κ1) is 23.3. The van der Waals surface area contributed by atoms with E-state index in [-0.39, 0.29) is 18.3 Å². The number of ether oxygens (including phenoxy) is 1. The van der Waals surface area contributed by atoms with Crippen LogP contribution >= 0.6 is 34.2 Å². The predicted molar refractivity (Wildman–Crippen MR) is 132 cm³/mol. The molecule has 33 heavy (non-hydrogen) atoms. The van der Waals surface area contributed by atoms with Gasteiger partial charge in [0, 0.05) is 8.59 Å². The topological polar surface area (TPSA) is 69.3 Å². The van der Waals surface area contributed by atoms with Gasteiger partial charge in [0.25, 0.3) is 5.91 Å². The number of carbonyl (C=O) groups excluding carboxylic acids is 1. The molecule has 0 saturated heterocycles. The third-order valence-electron chi connectivity index (χ3n) is 5.04. The number of anilines is 1. The maximum Gasteiger partial charge on any atom is 0.291 e. The molecule has 0 bridgehead atoms. The lowest BCUT2D eigenvalue weighted by atomic mass is 10.2. The van der Waals surface area contributed by atoms with Gasteiger partial charge in [-0.15, -0.1) is 0 Å². The second-order valence-corrected chi connectivity index (χ2v) is 9.05. The van der Waals surface area contributed by atoms with E-state index in [9.17, 15) is 9.18 Å². The van der Waals surface area contributed by atoms with Gasteiger partial charge in [-0.3, -0.25) is 9.48 Å².